The van der Waals surface area contributed by atoms with Crippen molar-refractivity contribution in [3.63, 3.8) is 0 Å². The van der Waals surface area contributed by atoms with Crippen LogP contribution in [-0.2, 0) is 17.9 Å². The number of benzene rings is 2. The fraction of sp³-hybridized carbons (Fsp3) is 0.250. The molecule has 0 aliphatic rings. The molecule has 126 valence electrons. The third-order valence-electron chi connectivity index (χ3n) is 3.65. The summed E-state index contributed by atoms with van der Waals surface area (Å²) < 4.78 is 5.43. The Morgan fingerprint density at radius 2 is 1.88 bits per heavy atom. The molecule has 2 aromatic carbocycles. The summed E-state index contributed by atoms with van der Waals surface area (Å²) in [6.45, 7) is 7.72. The molecule has 0 atom stereocenters. The van der Waals surface area contributed by atoms with Gasteiger partial charge in [0.25, 0.3) is 0 Å². The number of nitrogens with zero attached hydrogens (tertiary/aromatic N) is 1. The first-order valence-electron chi connectivity index (χ1n) is 7.94. The maximum atomic E-state index is 11.1. The van der Waals surface area contributed by atoms with Crippen LogP contribution in [0.15, 0.2) is 61.2 Å². The summed E-state index contributed by atoms with van der Waals surface area (Å²) in [5.74, 6) is 0.833. The van der Waals surface area contributed by atoms with Crippen molar-refractivity contribution in [3.8, 4) is 5.75 Å². The normalized spacial score (nSPS) is 10.5. The van der Waals surface area contributed by atoms with Crippen molar-refractivity contribution in [2.24, 2.45) is 0 Å². The van der Waals surface area contributed by atoms with Crippen LogP contribution in [0.5, 0.6) is 5.75 Å². The van der Waals surface area contributed by atoms with E-state index in [1.165, 1.54) is 12.5 Å². The number of para-hydroxylation sites is 1. The quantitative estimate of drug-likeness (QED) is 0.750. The SMILES string of the molecule is C=CCN(Cc1ccc(NC(C)=O)cc1)Cc1ccccc1OC. The molecule has 2 aromatic rings. The van der Waals surface area contributed by atoms with Gasteiger partial charge in [0.2, 0.25) is 5.91 Å². The zero-order valence-electron chi connectivity index (χ0n) is 14.3. The van der Waals surface area contributed by atoms with Gasteiger partial charge in [0.1, 0.15) is 5.75 Å². The second-order valence-corrected chi connectivity index (χ2v) is 5.65. The van der Waals surface area contributed by atoms with Crippen molar-refractivity contribution in [2.45, 2.75) is 20.0 Å². The van der Waals surface area contributed by atoms with Crippen molar-refractivity contribution in [1.29, 1.82) is 0 Å². The lowest BCUT2D eigenvalue weighted by Crippen LogP contribution is -2.23. The average Bonchev–Trinajstić information content (AvgIpc) is 2.57. The van der Waals surface area contributed by atoms with Crippen LogP contribution in [0.25, 0.3) is 0 Å². The third kappa shape index (κ3) is 5.25. The molecule has 0 heterocycles. The van der Waals surface area contributed by atoms with Crippen LogP contribution in [0.4, 0.5) is 5.69 Å². The second kappa shape index (κ2) is 8.89. The van der Waals surface area contributed by atoms with Crippen LogP contribution in [-0.4, -0.2) is 24.5 Å². The summed E-state index contributed by atoms with van der Waals surface area (Å²) in [5, 5.41) is 2.78. The fourth-order valence-corrected chi connectivity index (χ4v) is 2.60. The number of hydrogen-bond acceptors (Lipinski definition) is 3. The molecule has 0 radical (unpaired) electrons. The predicted octanol–water partition coefficient (Wildman–Crippen LogP) is 3.84. The van der Waals surface area contributed by atoms with E-state index in [0.717, 1.165) is 36.6 Å². The molecule has 0 fully saturated rings. The van der Waals surface area contributed by atoms with Gasteiger partial charge < -0.3 is 10.1 Å². The molecule has 1 amide bonds. The summed E-state index contributed by atoms with van der Waals surface area (Å²) in [6, 6.07) is 16.0. The summed E-state index contributed by atoms with van der Waals surface area (Å²) in [4.78, 5) is 13.4. The number of amides is 1. The summed E-state index contributed by atoms with van der Waals surface area (Å²) in [6.07, 6.45) is 1.90. The van der Waals surface area contributed by atoms with Crippen molar-refractivity contribution in [2.75, 3.05) is 19.0 Å². The molecule has 0 unspecified atom stereocenters. The van der Waals surface area contributed by atoms with E-state index >= 15 is 0 Å². The molecular formula is C20H24N2O2. The summed E-state index contributed by atoms with van der Waals surface area (Å²) >= 11 is 0. The number of methoxy groups -OCH3 is 1. The molecule has 0 saturated carbocycles. The number of anilines is 1. The highest BCUT2D eigenvalue weighted by Gasteiger charge is 2.09. The predicted molar refractivity (Wildman–Crippen MR) is 98.1 cm³/mol. The molecule has 0 bridgehead atoms. The molecule has 0 aromatic heterocycles. The van der Waals surface area contributed by atoms with Crippen LogP contribution < -0.4 is 10.1 Å². The van der Waals surface area contributed by atoms with Crippen LogP contribution in [0.2, 0.25) is 0 Å². The van der Waals surface area contributed by atoms with Gasteiger partial charge in [-0.15, -0.1) is 6.58 Å². The maximum Gasteiger partial charge on any atom is 0.221 e. The fourth-order valence-electron chi connectivity index (χ4n) is 2.60. The van der Waals surface area contributed by atoms with Gasteiger partial charge in [0.05, 0.1) is 7.11 Å². The molecule has 0 spiro atoms. The van der Waals surface area contributed by atoms with Gasteiger partial charge in [-0.3, -0.25) is 9.69 Å². The van der Waals surface area contributed by atoms with E-state index in [4.69, 9.17) is 4.74 Å². The van der Waals surface area contributed by atoms with Gasteiger partial charge in [-0.1, -0.05) is 36.4 Å². The molecular weight excluding hydrogens is 300 g/mol. The summed E-state index contributed by atoms with van der Waals surface area (Å²) in [7, 11) is 1.69. The lowest BCUT2D eigenvalue weighted by Gasteiger charge is -2.22. The Morgan fingerprint density at radius 3 is 2.50 bits per heavy atom. The van der Waals surface area contributed by atoms with E-state index in [9.17, 15) is 4.79 Å². The molecule has 0 aliphatic carbocycles. The molecule has 24 heavy (non-hydrogen) atoms. The highest BCUT2D eigenvalue weighted by Crippen LogP contribution is 2.20. The molecule has 2 rings (SSSR count). The number of nitrogens with one attached hydrogen (secondary N) is 1. The number of carbonyl (C=O) groups excluding carboxylic acids is 1. The van der Waals surface area contributed by atoms with Crippen molar-refractivity contribution in [1.82, 2.24) is 4.90 Å². The highest BCUT2D eigenvalue weighted by molar-refractivity contribution is 5.88. The summed E-state index contributed by atoms with van der Waals surface area (Å²) in [5.41, 5.74) is 3.14. The van der Waals surface area contributed by atoms with Gasteiger partial charge in [-0.25, -0.2) is 0 Å². The van der Waals surface area contributed by atoms with E-state index in [1.807, 2.05) is 48.5 Å². The van der Waals surface area contributed by atoms with Crippen LogP contribution in [0, 0.1) is 0 Å². The van der Waals surface area contributed by atoms with Gasteiger partial charge >= 0.3 is 0 Å². The number of carbonyl (C=O) groups is 1. The Kier molecular flexibility index (Phi) is 6.58. The molecule has 0 saturated heterocycles. The van der Waals surface area contributed by atoms with E-state index in [2.05, 4.69) is 22.9 Å². The lowest BCUT2D eigenvalue weighted by molar-refractivity contribution is -0.114. The van der Waals surface area contributed by atoms with Crippen LogP contribution >= 0.6 is 0 Å². The topological polar surface area (TPSA) is 41.6 Å². The zero-order valence-corrected chi connectivity index (χ0v) is 14.3. The van der Waals surface area contributed by atoms with E-state index in [0.29, 0.717) is 0 Å². The van der Waals surface area contributed by atoms with Crippen LogP contribution in [0.1, 0.15) is 18.1 Å². The first kappa shape index (κ1) is 17.8. The Hall–Kier alpha value is -2.59. The lowest BCUT2D eigenvalue weighted by atomic mass is 10.1. The molecule has 4 nitrogen and oxygen atoms in total. The van der Waals surface area contributed by atoms with E-state index in [1.54, 1.807) is 7.11 Å². The number of rotatable bonds is 8. The monoisotopic (exact) mass is 324 g/mol. The number of ether oxygens (including phenoxy) is 1. The van der Waals surface area contributed by atoms with Gasteiger partial charge in [0, 0.05) is 37.8 Å². The number of hydrogen-bond donors (Lipinski definition) is 1. The van der Waals surface area contributed by atoms with E-state index < -0.39 is 0 Å². The zero-order chi connectivity index (χ0) is 17.4. The maximum absolute atomic E-state index is 11.1. The smallest absolute Gasteiger partial charge is 0.221 e. The van der Waals surface area contributed by atoms with Crippen LogP contribution in [0.3, 0.4) is 0 Å². The molecule has 1 N–H and O–H groups in total. The minimum absolute atomic E-state index is 0.0628. The Labute approximate surface area is 143 Å². The minimum atomic E-state index is -0.0628. The largest absolute Gasteiger partial charge is 0.496 e. The Bertz CT molecular complexity index is 680. The van der Waals surface area contributed by atoms with Crippen molar-refractivity contribution >= 4 is 11.6 Å². The van der Waals surface area contributed by atoms with Gasteiger partial charge in [0.15, 0.2) is 0 Å². The Morgan fingerprint density at radius 1 is 1.17 bits per heavy atom. The van der Waals surface area contributed by atoms with Crippen molar-refractivity contribution in [3.05, 3.63) is 72.3 Å². The molecule has 4 heteroatoms. The van der Waals surface area contributed by atoms with Gasteiger partial charge in [-0.05, 0) is 23.8 Å². The highest BCUT2D eigenvalue weighted by atomic mass is 16.5. The standard InChI is InChI=1S/C20H24N2O2/c1-4-13-22(15-18-7-5-6-8-20(18)24-3)14-17-9-11-19(12-10-17)21-16(2)23/h4-12H,1,13-15H2,2-3H3,(H,21,23). The van der Waals surface area contributed by atoms with Crippen molar-refractivity contribution < 1.29 is 9.53 Å². The van der Waals surface area contributed by atoms with Gasteiger partial charge in [-0.2, -0.15) is 0 Å². The molecule has 0 aliphatic heterocycles. The second-order valence-electron chi connectivity index (χ2n) is 5.65. The minimum Gasteiger partial charge on any atom is -0.496 e. The van der Waals surface area contributed by atoms with E-state index in [-0.39, 0.29) is 5.91 Å². The Balaban J connectivity index is 2.07. The first-order chi connectivity index (χ1) is 11.6. The average molecular weight is 324 g/mol. The third-order valence-corrected chi connectivity index (χ3v) is 3.65. The first-order valence-corrected chi connectivity index (χ1v) is 7.94.